The number of aromatic nitrogens is 1. The molecule has 2 rings (SSSR count). The summed E-state index contributed by atoms with van der Waals surface area (Å²) in [6, 6.07) is 11.3. The lowest BCUT2D eigenvalue weighted by Gasteiger charge is -2.23. The molecule has 1 heterocycles. The number of anilines is 1. The van der Waals surface area contributed by atoms with Gasteiger partial charge in [0, 0.05) is 20.1 Å². The largest absolute Gasteiger partial charge is 0.368 e. The summed E-state index contributed by atoms with van der Waals surface area (Å²) in [5.74, 6) is -0.0684. The number of nitriles is 1. The Bertz CT molecular complexity index is 932. The van der Waals surface area contributed by atoms with E-state index in [9.17, 15) is 10.1 Å². The quantitative estimate of drug-likeness (QED) is 0.526. The van der Waals surface area contributed by atoms with Crippen LogP contribution in [0.5, 0.6) is 0 Å². The maximum atomic E-state index is 12.1. The fourth-order valence-electron chi connectivity index (χ4n) is 2.85. The van der Waals surface area contributed by atoms with Gasteiger partial charge in [-0.2, -0.15) is 5.26 Å². The predicted octanol–water partition coefficient (Wildman–Crippen LogP) is 2.78. The molecule has 4 N–H and O–H groups in total. The summed E-state index contributed by atoms with van der Waals surface area (Å²) < 4.78 is 0. The molecule has 1 aromatic heterocycles. The Labute approximate surface area is 169 Å². The van der Waals surface area contributed by atoms with Crippen molar-refractivity contribution in [2.45, 2.75) is 23.6 Å². The summed E-state index contributed by atoms with van der Waals surface area (Å²) in [5.41, 5.74) is 13.3. The maximum absolute atomic E-state index is 12.1. The molecule has 7 nitrogen and oxygen atoms in total. The van der Waals surface area contributed by atoms with E-state index < -0.39 is 11.2 Å². The molecule has 1 unspecified atom stereocenters. The van der Waals surface area contributed by atoms with E-state index in [1.165, 1.54) is 0 Å². The second-order valence-corrected chi connectivity index (χ2v) is 7.13. The molecule has 144 valence electrons. The standard InChI is InChI=1S/C20H22N6OS/c1-4-14-15(12-22)20(25-19(16(14)24-2)26(3)11-10-21)28-17(18(23)27)13-8-6-5-7-9-13/h5-9,17H,4,10-11,21H2,1,3H3,(H2,23,27). The number of hydrogen-bond donors (Lipinski definition) is 2. The van der Waals surface area contributed by atoms with Crippen LogP contribution in [0.25, 0.3) is 4.85 Å². The van der Waals surface area contributed by atoms with Crippen molar-refractivity contribution in [2.24, 2.45) is 11.5 Å². The number of pyridine rings is 1. The number of rotatable bonds is 8. The van der Waals surface area contributed by atoms with Crippen LogP contribution >= 0.6 is 11.8 Å². The van der Waals surface area contributed by atoms with Crippen LogP contribution in [-0.4, -0.2) is 31.0 Å². The van der Waals surface area contributed by atoms with Crippen molar-refractivity contribution in [3.05, 3.63) is 58.4 Å². The lowest BCUT2D eigenvalue weighted by atomic mass is 10.1. The number of nitrogens with zero attached hydrogens (tertiary/aromatic N) is 4. The molecular weight excluding hydrogens is 372 g/mol. The van der Waals surface area contributed by atoms with Crippen LogP contribution in [0.3, 0.4) is 0 Å². The van der Waals surface area contributed by atoms with E-state index in [-0.39, 0.29) is 0 Å². The minimum atomic E-state index is -0.697. The van der Waals surface area contributed by atoms with Gasteiger partial charge in [0.2, 0.25) is 11.6 Å². The molecular formula is C20H22N6OS. The van der Waals surface area contributed by atoms with Crippen molar-refractivity contribution in [3.63, 3.8) is 0 Å². The van der Waals surface area contributed by atoms with Gasteiger partial charge in [-0.15, -0.1) is 0 Å². The van der Waals surface area contributed by atoms with Gasteiger partial charge < -0.3 is 16.4 Å². The van der Waals surface area contributed by atoms with Crippen molar-refractivity contribution in [3.8, 4) is 6.07 Å². The third kappa shape index (κ3) is 4.42. The molecule has 1 atom stereocenters. The number of carbonyl (C=O) groups excluding carboxylic acids is 1. The van der Waals surface area contributed by atoms with Crippen molar-refractivity contribution < 1.29 is 4.79 Å². The molecule has 0 saturated carbocycles. The van der Waals surface area contributed by atoms with Gasteiger partial charge in [-0.3, -0.25) is 4.79 Å². The fourth-order valence-corrected chi connectivity index (χ4v) is 3.90. The predicted molar refractivity (Wildman–Crippen MR) is 111 cm³/mol. The smallest absolute Gasteiger partial charge is 0.235 e. The zero-order valence-corrected chi connectivity index (χ0v) is 16.7. The zero-order chi connectivity index (χ0) is 20.7. The number of hydrogen-bond acceptors (Lipinski definition) is 6. The normalized spacial score (nSPS) is 11.3. The van der Waals surface area contributed by atoms with Gasteiger partial charge in [-0.05, 0) is 17.5 Å². The molecule has 1 aromatic carbocycles. The minimum absolute atomic E-state index is 0.311. The molecule has 0 radical (unpaired) electrons. The van der Waals surface area contributed by atoms with Gasteiger partial charge in [-0.1, -0.05) is 49.0 Å². The van der Waals surface area contributed by atoms with Crippen molar-refractivity contribution in [1.82, 2.24) is 4.98 Å². The average Bonchev–Trinajstić information content (AvgIpc) is 2.71. The molecule has 8 heteroatoms. The van der Waals surface area contributed by atoms with E-state index in [4.69, 9.17) is 18.0 Å². The first-order valence-electron chi connectivity index (χ1n) is 8.74. The molecule has 28 heavy (non-hydrogen) atoms. The second-order valence-electron chi connectivity index (χ2n) is 6.04. The van der Waals surface area contributed by atoms with Gasteiger partial charge in [0.25, 0.3) is 0 Å². The topological polar surface area (TPSA) is 113 Å². The molecule has 0 aliphatic heterocycles. The Morgan fingerprint density at radius 3 is 2.61 bits per heavy atom. The van der Waals surface area contributed by atoms with Crippen molar-refractivity contribution in [2.75, 3.05) is 25.0 Å². The van der Waals surface area contributed by atoms with Gasteiger partial charge in [0.1, 0.15) is 22.2 Å². The van der Waals surface area contributed by atoms with Crippen LogP contribution in [0.2, 0.25) is 0 Å². The highest BCUT2D eigenvalue weighted by molar-refractivity contribution is 8.00. The van der Waals surface area contributed by atoms with Gasteiger partial charge in [0.05, 0.1) is 12.1 Å². The van der Waals surface area contributed by atoms with E-state index >= 15 is 0 Å². The van der Waals surface area contributed by atoms with Crippen molar-refractivity contribution in [1.29, 1.82) is 5.26 Å². The van der Waals surface area contributed by atoms with Gasteiger partial charge in [0.15, 0.2) is 0 Å². The summed E-state index contributed by atoms with van der Waals surface area (Å²) in [6.07, 6.45) is 0.493. The average molecular weight is 395 g/mol. The van der Waals surface area contributed by atoms with E-state index in [0.717, 1.165) is 17.3 Å². The number of benzene rings is 1. The Morgan fingerprint density at radius 1 is 1.43 bits per heavy atom. The molecule has 1 amide bonds. The summed E-state index contributed by atoms with van der Waals surface area (Å²) >= 11 is 1.13. The Morgan fingerprint density at radius 2 is 2.11 bits per heavy atom. The molecule has 0 saturated heterocycles. The maximum Gasteiger partial charge on any atom is 0.235 e. The van der Waals surface area contributed by atoms with Crippen molar-refractivity contribution >= 4 is 29.2 Å². The first kappa shape index (κ1) is 21.2. The molecule has 2 aromatic rings. The summed E-state index contributed by atoms with van der Waals surface area (Å²) in [5, 5.41) is 9.44. The second kappa shape index (κ2) is 9.75. The zero-order valence-electron chi connectivity index (χ0n) is 15.8. The van der Waals surface area contributed by atoms with Crippen LogP contribution in [0.1, 0.15) is 28.9 Å². The van der Waals surface area contributed by atoms with E-state index in [0.29, 0.717) is 47.2 Å². The minimum Gasteiger partial charge on any atom is -0.368 e. The first-order chi connectivity index (χ1) is 13.5. The fraction of sp³-hybridized carbons (Fsp3) is 0.300. The van der Waals surface area contributed by atoms with Crippen LogP contribution < -0.4 is 16.4 Å². The number of nitrogens with two attached hydrogens (primary N) is 2. The summed E-state index contributed by atoms with van der Waals surface area (Å²) in [6.45, 7) is 10.4. The third-order valence-electron chi connectivity index (χ3n) is 4.21. The SMILES string of the molecule is [C-]#[N+]c1c(N(C)CCN)nc(SC(C(N)=O)c2ccccc2)c(C#N)c1CC. The number of thioether (sulfide) groups is 1. The highest BCUT2D eigenvalue weighted by Gasteiger charge is 2.26. The lowest BCUT2D eigenvalue weighted by molar-refractivity contribution is -0.117. The molecule has 0 aliphatic rings. The van der Waals surface area contributed by atoms with Gasteiger partial charge >= 0.3 is 0 Å². The molecule has 0 aliphatic carbocycles. The summed E-state index contributed by atoms with van der Waals surface area (Å²) in [4.78, 5) is 22.1. The molecule has 0 bridgehead atoms. The third-order valence-corrected chi connectivity index (χ3v) is 5.47. The highest BCUT2D eigenvalue weighted by Crippen LogP contribution is 2.42. The molecule has 0 spiro atoms. The summed E-state index contributed by atoms with van der Waals surface area (Å²) in [7, 11) is 1.80. The van der Waals surface area contributed by atoms with Crippen LogP contribution in [0.15, 0.2) is 35.4 Å². The Balaban J connectivity index is 2.65. The van der Waals surface area contributed by atoms with E-state index in [1.807, 2.05) is 37.3 Å². The van der Waals surface area contributed by atoms with E-state index in [2.05, 4.69) is 15.9 Å². The monoisotopic (exact) mass is 394 g/mol. The number of likely N-dealkylation sites (N-methyl/N-ethyl adjacent to an activating group) is 1. The van der Waals surface area contributed by atoms with E-state index in [1.54, 1.807) is 11.9 Å². The highest BCUT2D eigenvalue weighted by atomic mass is 32.2. The number of carbonyl (C=O) groups is 1. The molecule has 0 fully saturated rings. The van der Waals surface area contributed by atoms with Crippen LogP contribution in [0.4, 0.5) is 11.5 Å². The number of primary amides is 1. The number of amides is 1. The Hall–Kier alpha value is -3.07. The van der Waals surface area contributed by atoms with Gasteiger partial charge in [-0.25, -0.2) is 9.83 Å². The lowest BCUT2D eigenvalue weighted by Crippen LogP contribution is -2.26. The van der Waals surface area contributed by atoms with Crippen LogP contribution in [-0.2, 0) is 11.2 Å². The Kier molecular flexibility index (Phi) is 7.39. The first-order valence-corrected chi connectivity index (χ1v) is 9.62. The van der Waals surface area contributed by atoms with Crippen LogP contribution in [0, 0.1) is 17.9 Å².